The van der Waals surface area contributed by atoms with Crippen LogP contribution in [-0.2, 0) is 24.1 Å². The van der Waals surface area contributed by atoms with E-state index in [2.05, 4.69) is 20.5 Å². The summed E-state index contributed by atoms with van der Waals surface area (Å²) in [5, 5.41) is 10.9. The molecule has 2 N–H and O–H groups in total. The molecule has 12 heteroatoms. The number of aromatic nitrogens is 3. The number of ether oxygens (including phenoxy) is 2. The molecular formula is C26H30F3N5O4. The maximum absolute atomic E-state index is 13.2. The zero-order valence-corrected chi connectivity index (χ0v) is 21.2. The molecule has 0 amide bonds. The van der Waals surface area contributed by atoms with Crippen molar-refractivity contribution >= 4 is 11.5 Å². The van der Waals surface area contributed by atoms with Crippen LogP contribution in [0.1, 0.15) is 31.4 Å². The van der Waals surface area contributed by atoms with Crippen molar-refractivity contribution < 1.29 is 22.6 Å². The molecule has 3 aromatic rings. The molecule has 5 rings (SSSR count). The maximum atomic E-state index is 13.2. The van der Waals surface area contributed by atoms with E-state index in [1.807, 2.05) is 13.8 Å². The molecule has 1 saturated heterocycles. The molecule has 1 aliphatic carbocycles. The average molecular weight is 534 g/mol. The van der Waals surface area contributed by atoms with Gasteiger partial charge in [-0.25, -0.2) is 0 Å². The predicted octanol–water partition coefficient (Wildman–Crippen LogP) is 3.54. The maximum Gasteiger partial charge on any atom is 0.573 e. The molecule has 2 aromatic heterocycles. The topological polar surface area (TPSA) is 99.4 Å². The number of nitrogens with one attached hydrogen (secondary N) is 2. The van der Waals surface area contributed by atoms with E-state index in [9.17, 15) is 22.8 Å². The Morgan fingerprint density at radius 1 is 1.11 bits per heavy atom. The number of benzene rings is 1. The summed E-state index contributed by atoms with van der Waals surface area (Å²) >= 11 is 0. The molecule has 204 valence electrons. The summed E-state index contributed by atoms with van der Waals surface area (Å²) in [4.78, 5) is 26.2. The third-order valence-electron chi connectivity index (χ3n) is 6.16. The summed E-state index contributed by atoms with van der Waals surface area (Å²) in [5.74, 6) is -0.0341. The van der Waals surface area contributed by atoms with Crippen LogP contribution in [0.25, 0.3) is 5.69 Å². The van der Waals surface area contributed by atoms with Gasteiger partial charge in [0, 0.05) is 36.5 Å². The van der Waals surface area contributed by atoms with E-state index in [4.69, 9.17) is 4.74 Å². The molecule has 1 atom stereocenters. The molecule has 2 aliphatic rings. The Hall–Kier alpha value is -3.64. The molecule has 1 fully saturated rings. The minimum Gasteiger partial charge on any atom is -0.406 e. The van der Waals surface area contributed by atoms with Crippen LogP contribution in [0.4, 0.5) is 24.7 Å². The molecule has 0 radical (unpaired) electrons. The van der Waals surface area contributed by atoms with Crippen molar-refractivity contribution in [3.05, 3.63) is 74.4 Å². The van der Waals surface area contributed by atoms with Gasteiger partial charge in [-0.3, -0.25) is 9.59 Å². The van der Waals surface area contributed by atoms with Crippen molar-refractivity contribution in [2.24, 2.45) is 0 Å². The van der Waals surface area contributed by atoms with Gasteiger partial charge in [-0.15, -0.1) is 18.3 Å². The van der Waals surface area contributed by atoms with E-state index < -0.39 is 12.1 Å². The highest BCUT2D eigenvalue weighted by molar-refractivity contribution is 5.61. The molecule has 38 heavy (non-hydrogen) atoms. The Labute approximate surface area is 217 Å². The molecule has 1 aromatic carbocycles. The van der Waals surface area contributed by atoms with Gasteiger partial charge in [0.25, 0.3) is 11.1 Å². The van der Waals surface area contributed by atoms with Crippen molar-refractivity contribution in [1.29, 1.82) is 0 Å². The van der Waals surface area contributed by atoms with Crippen LogP contribution in [0.15, 0.2) is 52.2 Å². The molecule has 0 spiro atoms. The first-order valence-corrected chi connectivity index (χ1v) is 12.6. The zero-order valence-electron chi connectivity index (χ0n) is 21.2. The van der Waals surface area contributed by atoms with Crippen LogP contribution >= 0.6 is 0 Å². The Balaban J connectivity index is 0.00000164. The van der Waals surface area contributed by atoms with Crippen LogP contribution in [0.3, 0.4) is 0 Å². The monoisotopic (exact) mass is 533 g/mol. The van der Waals surface area contributed by atoms with Gasteiger partial charge in [0.1, 0.15) is 11.4 Å². The SMILES string of the molecule is CC.O=c1c(Nc2nn(-c3ccc(OC(F)(F)F)cc3)c(=O)c3c2CCC3)cccn1CC1COCCN1. The highest BCUT2D eigenvalue weighted by atomic mass is 19.4. The van der Waals surface area contributed by atoms with Crippen molar-refractivity contribution in [3.8, 4) is 11.4 Å². The van der Waals surface area contributed by atoms with E-state index in [-0.39, 0.29) is 22.8 Å². The number of fused-ring (bicyclic) bond motifs is 1. The molecule has 1 aliphatic heterocycles. The number of hydrogen-bond acceptors (Lipinski definition) is 7. The minimum atomic E-state index is -4.82. The average Bonchev–Trinajstić information content (AvgIpc) is 3.40. The Kier molecular flexibility index (Phi) is 8.52. The van der Waals surface area contributed by atoms with E-state index in [1.165, 1.54) is 12.1 Å². The van der Waals surface area contributed by atoms with E-state index >= 15 is 0 Å². The third kappa shape index (κ3) is 6.25. The summed E-state index contributed by atoms with van der Waals surface area (Å²) in [6.07, 6.45) is -1.18. The van der Waals surface area contributed by atoms with E-state index in [0.29, 0.717) is 49.7 Å². The number of halogens is 3. The second-order valence-electron chi connectivity index (χ2n) is 8.65. The van der Waals surface area contributed by atoms with Crippen molar-refractivity contribution in [2.45, 2.75) is 52.1 Å². The van der Waals surface area contributed by atoms with Gasteiger partial charge in [-0.05, 0) is 55.7 Å². The molecule has 1 unspecified atom stereocenters. The predicted molar refractivity (Wildman–Crippen MR) is 136 cm³/mol. The summed E-state index contributed by atoms with van der Waals surface area (Å²) in [6, 6.07) is 8.31. The Morgan fingerprint density at radius 3 is 2.53 bits per heavy atom. The van der Waals surface area contributed by atoms with Crippen LogP contribution in [0.2, 0.25) is 0 Å². The quantitative estimate of drug-likeness (QED) is 0.500. The van der Waals surface area contributed by atoms with Crippen LogP contribution in [-0.4, -0.2) is 46.5 Å². The van der Waals surface area contributed by atoms with Crippen molar-refractivity contribution in [2.75, 3.05) is 25.1 Å². The molecule has 9 nitrogen and oxygen atoms in total. The van der Waals surface area contributed by atoms with Crippen molar-refractivity contribution in [1.82, 2.24) is 19.7 Å². The van der Waals surface area contributed by atoms with Crippen LogP contribution < -0.4 is 26.5 Å². The Morgan fingerprint density at radius 2 is 1.84 bits per heavy atom. The lowest BCUT2D eigenvalue weighted by atomic mass is 10.2. The number of rotatable bonds is 6. The highest BCUT2D eigenvalue weighted by Gasteiger charge is 2.31. The first-order chi connectivity index (χ1) is 18.3. The Bertz CT molecular complexity index is 1360. The number of nitrogens with zero attached hydrogens (tertiary/aromatic N) is 3. The first-order valence-electron chi connectivity index (χ1n) is 12.6. The molecule has 0 saturated carbocycles. The third-order valence-corrected chi connectivity index (χ3v) is 6.16. The van der Waals surface area contributed by atoms with Gasteiger partial charge in [0.15, 0.2) is 5.82 Å². The number of anilines is 2. The minimum absolute atomic E-state index is 0.0141. The van der Waals surface area contributed by atoms with E-state index in [0.717, 1.165) is 35.3 Å². The molecule has 0 bridgehead atoms. The van der Waals surface area contributed by atoms with Gasteiger partial charge in [0.2, 0.25) is 0 Å². The summed E-state index contributed by atoms with van der Waals surface area (Å²) in [6.45, 7) is 6.30. The number of morpholine rings is 1. The fourth-order valence-corrected chi connectivity index (χ4v) is 4.52. The summed E-state index contributed by atoms with van der Waals surface area (Å²) in [5.41, 5.74) is 1.31. The largest absolute Gasteiger partial charge is 0.573 e. The van der Waals surface area contributed by atoms with Crippen LogP contribution in [0, 0.1) is 0 Å². The number of hydrogen-bond donors (Lipinski definition) is 2. The van der Waals surface area contributed by atoms with Gasteiger partial charge < -0.3 is 24.7 Å². The molecule has 3 heterocycles. The van der Waals surface area contributed by atoms with Gasteiger partial charge in [-0.2, -0.15) is 4.68 Å². The lowest BCUT2D eigenvalue weighted by molar-refractivity contribution is -0.274. The van der Waals surface area contributed by atoms with E-state index in [1.54, 1.807) is 22.9 Å². The van der Waals surface area contributed by atoms with Gasteiger partial charge in [-0.1, -0.05) is 13.8 Å². The number of alkyl halides is 3. The molecular weight excluding hydrogens is 503 g/mol. The first kappa shape index (κ1) is 27.4. The van der Waals surface area contributed by atoms with Gasteiger partial charge >= 0.3 is 6.36 Å². The lowest BCUT2D eigenvalue weighted by Crippen LogP contribution is -2.45. The normalized spacial score (nSPS) is 16.8. The lowest BCUT2D eigenvalue weighted by Gasteiger charge is -2.24. The summed E-state index contributed by atoms with van der Waals surface area (Å²) < 4.78 is 49.6. The second-order valence-corrected chi connectivity index (χ2v) is 8.65. The van der Waals surface area contributed by atoms with Crippen molar-refractivity contribution in [3.63, 3.8) is 0 Å². The smallest absolute Gasteiger partial charge is 0.406 e. The summed E-state index contributed by atoms with van der Waals surface area (Å²) in [7, 11) is 0. The van der Waals surface area contributed by atoms with Crippen LogP contribution in [0.5, 0.6) is 5.75 Å². The second kappa shape index (κ2) is 11.8. The zero-order chi connectivity index (χ0) is 27.3. The fraction of sp³-hybridized carbons (Fsp3) is 0.423. The fourth-order valence-electron chi connectivity index (χ4n) is 4.52. The van der Waals surface area contributed by atoms with Gasteiger partial charge in [0.05, 0.1) is 18.9 Å². The standard InChI is InChI=1S/C24H24F3N5O4.C2H6/c25-24(26,27)36-17-8-6-16(7-9-17)32-22(33)19-4-1-3-18(19)21(30-32)29-20-5-2-11-31(23(20)34)13-15-14-35-12-10-28-15;1-2/h2,5-9,11,15,28H,1,3-4,10,12-14H2,(H,29,30);1-2H3. The number of pyridine rings is 1. The highest BCUT2D eigenvalue weighted by Crippen LogP contribution is 2.28.